The normalized spacial score (nSPS) is 11.1. The molecule has 0 aliphatic rings. The van der Waals surface area contributed by atoms with Crippen molar-refractivity contribution in [1.82, 2.24) is 20.3 Å². The first-order valence-corrected chi connectivity index (χ1v) is 9.11. The number of hydrogen-bond acceptors (Lipinski definition) is 4. The van der Waals surface area contributed by atoms with Gasteiger partial charge in [-0.2, -0.15) is 0 Å². The van der Waals surface area contributed by atoms with Crippen molar-refractivity contribution in [2.45, 2.75) is 47.6 Å². The Morgan fingerprint density at radius 1 is 1.07 bits per heavy atom. The molecule has 0 saturated carbocycles. The predicted molar refractivity (Wildman–Crippen MR) is 109 cm³/mol. The first-order valence-electron chi connectivity index (χ1n) is 9.11. The van der Waals surface area contributed by atoms with E-state index in [4.69, 9.17) is 4.74 Å². The topological polar surface area (TPSA) is 112 Å². The summed E-state index contributed by atoms with van der Waals surface area (Å²) in [6, 6.07) is 1.51. The lowest BCUT2D eigenvalue weighted by Gasteiger charge is -2.21. The summed E-state index contributed by atoms with van der Waals surface area (Å²) >= 11 is 0. The fraction of sp³-hybridized carbons (Fsp3) is 0.350. The number of aromatic nitrogens is 3. The second-order valence-corrected chi connectivity index (χ2v) is 7.17. The number of rotatable bonds is 4. The quantitative estimate of drug-likeness (QED) is 0.549. The van der Waals surface area contributed by atoms with E-state index < -0.39 is 0 Å². The lowest BCUT2D eigenvalue weighted by atomic mass is 9.97. The van der Waals surface area contributed by atoms with E-state index in [1.807, 2.05) is 41.5 Å². The molecule has 0 aliphatic carbocycles. The molecular weight excluding hydrogens is 358 g/mol. The number of H-pyrrole nitrogens is 2. The molecular formula is C20H25N5O3. The molecule has 3 rings (SSSR count). The maximum absolute atomic E-state index is 12.2. The number of aromatic amines is 2. The van der Waals surface area contributed by atoms with Crippen LogP contribution >= 0.6 is 0 Å². The average Bonchev–Trinajstić information content (AvgIpc) is 3.01. The highest BCUT2D eigenvalue weighted by Gasteiger charge is 2.19. The van der Waals surface area contributed by atoms with Gasteiger partial charge in [-0.1, -0.05) is 0 Å². The van der Waals surface area contributed by atoms with Crippen LogP contribution in [0.25, 0.3) is 11.2 Å². The molecule has 0 fully saturated rings. The molecule has 1 aromatic carbocycles. The van der Waals surface area contributed by atoms with Gasteiger partial charge in [-0.05, 0) is 63.8 Å². The van der Waals surface area contributed by atoms with Crippen LogP contribution in [0.5, 0.6) is 11.5 Å². The Morgan fingerprint density at radius 3 is 2.32 bits per heavy atom. The molecule has 2 aromatic heterocycles. The van der Waals surface area contributed by atoms with E-state index in [0.29, 0.717) is 22.7 Å². The second kappa shape index (κ2) is 7.38. The number of carbonyl (C=O) groups is 1. The van der Waals surface area contributed by atoms with Crippen molar-refractivity contribution >= 4 is 22.9 Å². The van der Waals surface area contributed by atoms with Crippen molar-refractivity contribution in [2.75, 3.05) is 5.32 Å². The Morgan fingerprint density at radius 2 is 1.71 bits per heavy atom. The molecule has 148 valence electrons. The minimum absolute atomic E-state index is 0.0445. The molecule has 0 unspecified atom stereocenters. The minimum Gasteiger partial charge on any atom is -0.454 e. The van der Waals surface area contributed by atoms with Crippen molar-refractivity contribution in [3.8, 4) is 11.5 Å². The fourth-order valence-electron chi connectivity index (χ4n) is 3.14. The maximum Gasteiger partial charge on any atom is 0.325 e. The highest BCUT2D eigenvalue weighted by atomic mass is 16.5. The standard InChI is InChI=1S/C20H25N5O3/c1-9(2)22-19(26)23-15-10(3)12(5)17(13(6)11(15)4)28-14-7-8-21-18-16(14)24-20(27)25-18/h7-9H,1-6H3,(H2,22,23,26)(H2,21,24,25,27). The van der Waals surface area contributed by atoms with Crippen LogP contribution in [0.1, 0.15) is 36.1 Å². The van der Waals surface area contributed by atoms with Gasteiger partial charge in [-0.15, -0.1) is 0 Å². The molecule has 8 nitrogen and oxygen atoms in total. The van der Waals surface area contributed by atoms with Gasteiger partial charge in [0.1, 0.15) is 11.3 Å². The molecule has 2 amide bonds. The number of amides is 2. The van der Waals surface area contributed by atoms with Gasteiger partial charge in [-0.25, -0.2) is 14.6 Å². The number of carbonyl (C=O) groups excluding carboxylic acids is 1. The number of benzene rings is 1. The molecule has 0 spiro atoms. The lowest BCUT2D eigenvalue weighted by molar-refractivity contribution is 0.250. The molecule has 2 heterocycles. The zero-order valence-corrected chi connectivity index (χ0v) is 16.9. The van der Waals surface area contributed by atoms with Crippen molar-refractivity contribution in [2.24, 2.45) is 0 Å². The molecule has 0 atom stereocenters. The van der Waals surface area contributed by atoms with Crippen LogP contribution in [0.15, 0.2) is 17.1 Å². The summed E-state index contributed by atoms with van der Waals surface area (Å²) in [5, 5.41) is 5.78. The van der Waals surface area contributed by atoms with E-state index in [2.05, 4.69) is 25.6 Å². The molecule has 28 heavy (non-hydrogen) atoms. The monoisotopic (exact) mass is 383 g/mol. The van der Waals surface area contributed by atoms with Gasteiger partial charge >= 0.3 is 11.7 Å². The zero-order valence-electron chi connectivity index (χ0n) is 16.9. The van der Waals surface area contributed by atoms with Crippen LogP contribution in [0.3, 0.4) is 0 Å². The van der Waals surface area contributed by atoms with E-state index in [1.54, 1.807) is 12.3 Å². The SMILES string of the molecule is Cc1c(C)c(Oc2ccnc3[nH]c(=O)[nH]c23)c(C)c(C)c1NC(=O)NC(C)C. The largest absolute Gasteiger partial charge is 0.454 e. The summed E-state index contributed by atoms with van der Waals surface area (Å²) in [6.45, 7) is 11.6. The Labute approximate surface area is 162 Å². The van der Waals surface area contributed by atoms with Gasteiger partial charge in [0.05, 0.1) is 0 Å². The van der Waals surface area contributed by atoms with Gasteiger partial charge in [0.25, 0.3) is 0 Å². The maximum atomic E-state index is 12.2. The second-order valence-electron chi connectivity index (χ2n) is 7.17. The number of ether oxygens (including phenoxy) is 1. The van der Waals surface area contributed by atoms with Crippen LogP contribution in [-0.2, 0) is 0 Å². The Hall–Kier alpha value is -3.29. The van der Waals surface area contributed by atoms with Crippen molar-refractivity contribution in [3.63, 3.8) is 0 Å². The molecule has 8 heteroatoms. The molecule has 3 aromatic rings. The molecule has 0 aliphatic heterocycles. The number of nitrogens with zero attached hydrogens (tertiary/aromatic N) is 1. The third-order valence-electron chi connectivity index (χ3n) is 4.81. The van der Waals surface area contributed by atoms with Crippen LogP contribution in [0, 0.1) is 27.7 Å². The number of urea groups is 1. The number of anilines is 1. The zero-order chi connectivity index (χ0) is 20.6. The molecule has 0 bridgehead atoms. The van der Waals surface area contributed by atoms with E-state index in [9.17, 15) is 9.59 Å². The molecule has 0 saturated heterocycles. The highest BCUT2D eigenvalue weighted by Crippen LogP contribution is 2.39. The van der Waals surface area contributed by atoms with Crippen LogP contribution < -0.4 is 21.1 Å². The third kappa shape index (κ3) is 3.58. The number of nitrogens with one attached hydrogen (secondary N) is 4. The molecule has 0 radical (unpaired) electrons. The van der Waals surface area contributed by atoms with E-state index >= 15 is 0 Å². The van der Waals surface area contributed by atoms with Gasteiger partial charge in [0.15, 0.2) is 11.4 Å². The number of fused-ring (bicyclic) bond motifs is 1. The average molecular weight is 383 g/mol. The van der Waals surface area contributed by atoms with Crippen LogP contribution in [0.4, 0.5) is 10.5 Å². The summed E-state index contributed by atoms with van der Waals surface area (Å²) in [6.07, 6.45) is 1.58. The van der Waals surface area contributed by atoms with Gasteiger partial charge < -0.3 is 20.4 Å². The number of imidazole rings is 1. The highest BCUT2D eigenvalue weighted by molar-refractivity contribution is 5.92. The van der Waals surface area contributed by atoms with Crippen LogP contribution in [-0.4, -0.2) is 27.0 Å². The fourth-order valence-corrected chi connectivity index (χ4v) is 3.14. The predicted octanol–water partition coefficient (Wildman–Crippen LogP) is 3.81. The van der Waals surface area contributed by atoms with E-state index in [0.717, 1.165) is 27.9 Å². The minimum atomic E-state index is -0.338. The van der Waals surface area contributed by atoms with Crippen molar-refractivity contribution in [1.29, 1.82) is 0 Å². The van der Waals surface area contributed by atoms with Gasteiger partial charge in [-0.3, -0.25) is 4.98 Å². The lowest BCUT2D eigenvalue weighted by Crippen LogP contribution is -2.34. The van der Waals surface area contributed by atoms with Gasteiger partial charge in [0.2, 0.25) is 0 Å². The summed E-state index contributed by atoms with van der Waals surface area (Å²) in [5.41, 5.74) is 5.05. The molecule has 4 N–H and O–H groups in total. The summed E-state index contributed by atoms with van der Waals surface area (Å²) < 4.78 is 6.19. The Bertz CT molecular complexity index is 1080. The van der Waals surface area contributed by atoms with E-state index in [1.165, 1.54) is 0 Å². The summed E-state index contributed by atoms with van der Waals surface area (Å²) in [4.78, 5) is 33.3. The van der Waals surface area contributed by atoms with E-state index in [-0.39, 0.29) is 17.8 Å². The summed E-state index contributed by atoms with van der Waals surface area (Å²) in [5.74, 6) is 1.20. The Kier molecular flexibility index (Phi) is 5.13. The first-order chi connectivity index (χ1) is 13.2. The smallest absolute Gasteiger partial charge is 0.325 e. The number of pyridine rings is 1. The third-order valence-corrected chi connectivity index (χ3v) is 4.81. The van der Waals surface area contributed by atoms with Crippen molar-refractivity contribution < 1.29 is 9.53 Å². The van der Waals surface area contributed by atoms with Gasteiger partial charge in [0, 0.05) is 24.0 Å². The Balaban J connectivity index is 2.03. The van der Waals surface area contributed by atoms with Crippen molar-refractivity contribution in [3.05, 3.63) is 45.0 Å². The summed E-state index contributed by atoms with van der Waals surface area (Å²) in [7, 11) is 0. The first kappa shape index (κ1) is 19.5. The number of hydrogen-bond donors (Lipinski definition) is 4. The van der Waals surface area contributed by atoms with Crippen LogP contribution in [0.2, 0.25) is 0 Å².